The number of hydrogen-bond donors (Lipinski definition) is 1. The third kappa shape index (κ3) is 2.95. The van der Waals surface area contributed by atoms with Gasteiger partial charge in [0.25, 0.3) is 0 Å². The standard InChI is InChI=1S/C14H15N7O.ClH/c15-14(7-4-8-14)13-16-11(22-19-13)9-21-18-12(17-20-21)10-5-2-1-3-6-10;/h1-3,5-6H,4,7-9,15H2;1H. The number of rotatable bonds is 4. The molecule has 1 saturated carbocycles. The Morgan fingerprint density at radius 1 is 1.22 bits per heavy atom. The highest BCUT2D eigenvalue weighted by atomic mass is 35.5. The van der Waals surface area contributed by atoms with Crippen LogP contribution in [0.25, 0.3) is 11.4 Å². The van der Waals surface area contributed by atoms with Gasteiger partial charge in [-0.05, 0) is 24.5 Å². The van der Waals surface area contributed by atoms with Gasteiger partial charge in [-0.2, -0.15) is 9.78 Å². The van der Waals surface area contributed by atoms with Crippen LogP contribution < -0.4 is 5.73 Å². The largest absolute Gasteiger partial charge is 0.337 e. The van der Waals surface area contributed by atoms with E-state index < -0.39 is 5.54 Å². The topological polar surface area (TPSA) is 109 Å². The Kier molecular flexibility index (Phi) is 4.10. The Labute approximate surface area is 138 Å². The van der Waals surface area contributed by atoms with Gasteiger partial charge < -0.3 is 10.3 Å². The first kappa shape index (κ1) is 15.6. The third-order valence-corrected chi connectivity index (χ3v) is 3.92. The highest BCUT2D eigenvalue weighted by Crippen LogP contribution is 2.36. The molecule has 0 radical (unpaired) electrons. The normalized spacial score (nSPS) is 15.7. The van der Waals surface area contributed by atoms with E-state index in [-0.39, 0.29) is 19.0 Å². The van der Waals surface area contributed by atoms with E-state index >= 15 is 0 Å². The van der Waals surface area contributed by atoms with E-state index in [0.29, 0.717) is 17.5 Å². The van der Waals surface area contributed by atoms with Crippen molar-refractivity contribution in [3.8, 4) is 11.4 Å². The van der Waals surface area contributed by atoms with Crippen molar-refractivity contribution in [3.63, 3.8) is 0 Å². The molecule has 0 amide bonds. The fourth-order valence-corrected chi connectivity index (χ4v) is 2.44. The molecule has 9 heteroatoms. The van der Waals surface area contributed by atoms with Gasteiger partial charge in [0, 0.05) is 5.56 Å². The lowest BCUT2D eigenvalue weighted by Crippen LogP contribution is -2.44. The molecule has 0 spiro atoms. The highest BCUT2D eigenvalue weighted by Gasteiger charge is 2.39. The number of aromatic nitrogens is 6. The summed E-state index contributed by atoms with van der Waals surface area (Å²) in [6.45, 7) is 0.281. The van der Waals surface area contributed by atoms with Crippen LogP contribution in [0, 0.1) is 0 Å². The summed E-state index contributed by atoms with van der Waals surface area (Å²) in [6.07, 6.45) is 2.89. The molecule has 8 nitrogen and oxygen atoms in total. The summed E-state index contributed by atoms with van der Waals surface area (Å²) in [6, 6.07) is 9.66. The molecule has 23 heavy (non-hydrogen) atoms. The van der Waals surface area contributed by atoms with E-state index in [9.17, 15) is 0 Å². The van der Waals surface area contributed by atoms with Crippen molar-refractivity contribution >= 4 is 12.4 Å². The maximum atomic E-state index is 6.18. The molecular weight excluding hydrogens is 318 g/mol. The van der Waals surface area contributed by atoms with Crippen LogP contribution in [0.15, 0.2) is 34.9 Å². The quantitative estimate of drug-likeness (QED) is 0.771. The summed E-state index contributed by atoms with van der Waals surface area (Å²) < 4.78 is 5.24. The van der Waals surface area contributed by atoms with Gasteiger partial charge in [-0.15, -0.1) is 22.6 Å². The maximum absolute atomic E-state index is 6.18. The SMILES string of the molecule is Cl.NC1(c2noc(Cn3nnc(-c4ccccc4)n3)n2)CCC1. The predicted molar refractivity (Wildman–Crippen MR) is 83.6 cm³/mol. The van der Waals surface area contributed by atoms with Gasteiger partial charge in [0.2, 0.25) is 11.7 Å². The zero-order valence-corrected chi connectivity index (χ0v) is 13.1. The van der Waals surface area contributed by atoms with E-state index in [1.807, 2.05) is 30.3 Å². The van der Waals surface area contributed by atoms with Gasteiger partial charge in [-0.1, -0.05) is 35.5 Å². The Hall–Kier alpha value is -2.32. The molecule has 1 fully saturated rings. The number of nitrogens with zero attached hydrogens (tertiary/aromatic N) is 6. The lowest BCUT2D eigenvalue weighted by Gasteiger charge is -2.34. The molecule has 2 heterocycles. The second-order valence-electron chi connectivity index (χ2n) is 5.53. The Balaban J connectivity index is 0.00000156. The second kappa shape index (κ2) is 6.05. The van der Waals surface area contributed by atoms with Gasteiger partial charge in [0.15, 0.2) is 5.82 Å². The van der Waals surface area contributed by atoms with E-state index in [0.717, 1.165) is 24.8 Å². The van der Waals surface area contributed by atoms with Crippen LogP contribution in [0.2, 0.25) is 0 Å². The fourth-order valence-electron chi connectivity index (χ4n) is 2.44. The molecule has 4 rings (SSSR count). The molecule has 1 aliphatic carbocycles. The lowest BCUT2D eigenvalue weighted by atomic mass is 9.77. The van der Waals surface area contributed by atoms with Crippen molar-refractivity contribution < 1.29 is 4.52 Å². The first-order valence-corrected chi connectivity index (χ1v) is 7.18. The molecule has 2 aromatic heterocycles. The van der Waals surface area contributed by atoms with Gasteiger partial charge in [-0.3, -0.25) is 0 Å². The predicted octanol–water partition coefficient (Wildman–Crippen LogP) is 1.53. The van der Waals surface area contributed by atoms with Crippen molar-refractivity contribution in [2.75, 3.05) is 0 Å². The van der Waals surface area contributed by atoms with Crippen LogP contribution in [0.1, 0.15) is 31.0 Å². The van der Waals surface area contributed by atoms with Crippen LogP contribution in [0.5, 0.6) is 0 Å². The van der Waals surface area contributed by atoms with Gasteiger partial charge in [0.1, 0.15) is 6.54 Å². The van der Waals surface area contributed by atoms with E-state index in [4.69, 9.17) is 10.3 Å². The zero-order valence-electron chi connectivity index (χ0n) is 12.3. The molecule has 120 valence electrons. The van der Waals surface area contributed by atoms with E-state index in [1.54, 1.807) is 0 Å². The Morgan fingerprint density at radius 3 is 2.70 bits per heavy atom. The number of nitrogens with two attached hydrogens (primary N) is 1. The van der Waals surface area contributed by atoms with Crippen LogP contribution >= 0.6 is 12.4 Å². The minimum absolute atomic E-state index is 0. The minimum Gasteiger partial charge on any atom is -0.337 e. The summed E-state index contributed by atoms with van der Waals surface area (Å²) in [5.74, 6) is 1.57. The van der Waals surface area contributed by atoms with Crippen molar-refractivity contribution in [1.29, 1.82) is 0 Å². The average Bonchev–Trinajstić information content (AvgIpc) is 3.16. The first-order valence-electron chi connectivity index (χ1n) is 7.18. The molecule has 0 saturated heterocycles. The maximum Gasteiger partial charge on any atom is 0.250 e. The van der Waals surface area contributed by atoms with Gasteiger partial charge in [-0.25, -0.2) is 0 Å². The van der Waals surface area contributed by atoms with E-state index in [1.165, 1.54) is 4.80 Å². The van der Waals surface area contributed by atoms with Crippen molar-refractivity contribution in [1.82, 2.24) is 30.3 Å². The van der Waals surface area contributed by atoms with Crippen LogP contribution in [0.4, 0.5) is 0 Å². The molecule has 1 aliphatic rings. The summed E-state index contributed by atoms with van der Waals surface area (Å²) in [7, 11) is 0. The summed E-state index contributed by atoms with van der Waals surface area (Å²) >= 11 is 0. The molecule has 3 aromatic rings. The number of benzene rings is 1. The summed E-state index contributed by atoms with van der Waals surface area (Å²) in [5, 5.41) is 16.3. The smallest absolute Gasteiger partial charge is 0.250 e. The van der Waals surface area contributed by atoms with Crippen molar-refractivity contribution in [3.05, 3.63) is 42.0 Å². The fraction of sp³-hybridized carbons (Fsp3) is 0.357. The van der Waals surface area contributed by atoms with Crippen LogP contribution in [-0.2, 0) is 12.1 Å². The molecule has 0 bridgehead atoms. The van der Waals surface area contributed by atoms with E-state index in [2.05, 4.69) is 25.6 Å². The number of halogens is 1. The first-order chi connectivity index (χ1) is 10.7. The van der Waals surface area contributed by atoms with Crippen molar-refractivity contribution in [2.45, 2.75) is 31.3 Å². The molecular formula is C14H16ClN7O. The van der Waals surface area contributed by atoms with Crippen molar-refractivity contribution in [2.24, 2.45) is 5.73 Å². The zero-order chi connectivity index (χ0) is 15.0. The minimum atomic E-state index is -0.424. The molecule has 0 unspecified atom stereocenters. The highest BCUT2D eigenvalue weighted by molar-refractivity contribution is 5.85. The third-order valence-electron chi connectivity index (χ3n) is 3.92. The Bertz CT molecular complexity index is 781. The molecule has 2 N–H and O–H groups in total. The average molecular weight is 334 g/mol. The van der Waals surface area contributed by atoms with Gasteiger partial charge in [0.05, 0.1) is 5.54 Å². The molecule has 0 aliphatic heterocycles. The van der Waals surface area contributed by atoms with Gasteiger partial charge >= 0.3 is 0 Å². The molecule has 0 atom stereocenters. The second-order valence-corrected chi connectivity index (χ2v) is 5.53. The number of tetrazole rings is 1. The monoisotopic (exact) mass is 333 g/mol. The summed E-state index contributed by atoms with van der Waals surface area (Å²) in [4.78, 5) is 5.78. The number of hydrogen-bond acceptors (Lipinski definition) is 7. The lowest BCUT2D eigenvalue weighted by molar-refractivity contribution is 0.228. The Morgan fingerprint density at radius 2 is 2.00 bits per heavy atom. The van der Waals surface area contributed by atoms with Crippen LogP contribution in [-0.4, -0.2) is 30.3 Å². The summed E-state index contributed by atoms with van der Waals surface area (Å²) in [5.41, 5.74) is 6.66. The van der Waals surface area contributed by atoms with Crippen LogP contribution in [0.3, 0.4) is 0 Å². The molecule has 1 aromatic carbocycles.